The first-order chi connectivity index (χ1) is 9.29. The lowest BCUT2D eigenvalue weighted by Gasteiger charge is -2.25. The van der Waals surface area contributed by atoms with Gasteiger partial charge in [-0.25, -0.2) is 0 Å². The SMILES string of the molecule is CCC(Cc1ccccc1)NC(=O)C1COCCN1.Cl. The highest BCUT2D eigenvalue weighted by atomic mass is 35.5. The van der Waals surface area contributed by atoms with Crippen LogP contribution in [0.1, 0.15) is 18.9 Å². The fraction of sp³-hybridized carbons (Fsp3) is 0.533. The van der Waals surface area contributed by atoms with Crippen LogP contribution in [0.3, 0.4) is 0 Å². The standard InChI is InChI=1S/C15H22N2O2.ClH/c1-2-13(10-12-6-4-3-5-7-12)17-15(18)14-11-19-9-8-16-14;/h3-7,13-14,16H,2,8-11H2,1H3,(H,17,18);1H. The lowest BCUT2D eigenvalue weighted by Crippen LogP contribution is -2.53. The van der Waals surface area contributed by atoms with Crippen LogP contribution in [-0.2, 0) is 16.0 Å². The molecule has 112 valence electrons. The Morgan fingerprint density at radius 3 is 2.80 bits per heavy atom. The van der Waals surface area contributed by atoms with E-state index in [9.17, 15) is 4.79 Å². The lowest BCUT2D eigenvalue weighted by molar-refractivity contribution is -0.126. The molecule has 0 bridgehead atoms. The third kappa shape index (κ3) is 5.12. The van der Waals surface area contributed by atoms with Crippen LogP contribution in [0.25, 0.3) is 0 Å². The van der Waals surface area contributed by atoms with Gasteiger partial charge in [0, 0.05) is 12.6 Å². The quantitative estimate of drug-likeness (QED) is 0.867. The molecule has 1 aromatic carbocycles. The number of benzene rings is 1. The van der Waals surface area contributed by atoms with Crippen molar-refractivity contribution in [3.63, 3.8) is 0 Å². The van der Waals surface area contributed by atoms with E-state index in [1.807, 2.05) is 18.2 Å². The molecule has 0 spiro atoms. The lowest BCUT2D eigenvalue weighted by atomic mass is 10.0. The summed E-state index contributed by atoms with van der Waals surface area (Å²) in [4.78, 5) is 12.1. The Hall–Kier alpha value is -1.10. The molecule has 4 nitrogen and oxygen atoms in total. The Morgan fingerprint density at radius 2 is 2.20 bits per heavy atom. The molecule has 2 rings (SSSR count). The van der Waals surface area contributed by atoms with Crippen molar-refractivity contribution in [3.8, 4) is 0 Å². The van der Waals surface area contributed by atoms with Gasteiger partial charge in [-0.2, -0.15) is 0 Å². The molecule has 1 heterocycles. The van der Waals surface area contributed by atoms with Gasteiger partial charge in [0.15, 0.2) is 0 Å². The number of halogens is 1. The van der Waals surface area contributed by atoms with Gasteiger partial charge in [0.2, 0.25) is 5.91 Å². The highest BCUT2D eigenvalue weighted by Gasteiger charge is 2.22. The van der Waals surface area contributed by atoms with Gasteiger partial charge in [0.05, 0.1) is 13.2 Å². The number of ether oxygens (including phenoxy) is 1. The first-order valence-electron chi connectivity index (χ1n) is 6.95. The van der Waals surface area contributed by atoms with Crippen LogP contribution in [0, 0.1) is 0 Å². The van der Waals surface area contributed by atoms with Gasteiger partial charge in [-0.1, -0.05) is 37.3 Å². The summed E-state index contributed by atoms with van der Waals surface area (Å²) in [5.74, 6) is 0.0440. The zero-order valence-electron chi connectivity index (χ0n) is 11.8. The molecular weight excluding hydrogens is 276 g/mol. The Morgan fingerprint density at radius 1 is 1.45 bits per heavy atom. The number of carbonyl (C=O) groups excluding carboxylic acids is 1. The Bertz CT molecular complexity index is 394. The summed E-state index contributed by atoms with van der Waals surface area (Å²) in [7, 11) is 0. The topological polar surface area (TPSA) is 50.4 Å². The molecule has 0 aliphatic carbocycles. The predicted octanol–water partition coefficient (Wildman–Crippen LogP) is 1.53. The van der Waals surface area contributed by atoms with Gasteiger partial charge in [0.1, 0.15) is 6.04 Å². The van der Waals surface area contributed by atoms with Crippen LogP contribution in [-0.4, -0.2) is 37.7 Å². The van der Waals surface area contributed by atoms with Crippen LogP contribution >= 0.6 is 12.4 Å². The molecule has 0 saturated carbocycles. The molecule has 2 unspecified atom stereocenters. The number of nitrogens with one attached hydrogen (secondary N) is 2. The maximum atomic E-state index is 12.1. The predicted molar refractivity (Wildman–Crippen MR) is 82.2 cm³/mol. The molecule has 0 aromatic heterocycles. The number of carbonyl (C=O) groups is 1. The van der Waals surface area contributed by atoms with E-state index in [-0.39, 0.29) is 30.4 Å². The second-order valence-electron chi connectivity index (χ2n) is 4.89. The van der Waals surface area contributed by atoms with Crippen LogP contribution in [0.2, 0.25) is 0 Å². The van der Waals surface area contributed by atoms with E-state index >= 15 is 0 Å². The van der Waals surface area contributed by atoms with Gasteiger partial charge in [-0.3, -0.25) is 4.79 Å². The molecular formula is C15H23ClN2O2. The molecule has 1 fully saturated rings. The van der Waals surface area contributed by atoms with Crippen molar-refractivity contribution >= 4 is 18.3 Å². The summed E-state index contributed by atoms with van der Waals surface area (Å²) >= 11 is 0. The Kier molecular flexibility index (Phi) is 7.59. The number of morpholine rings is 1. The maximum Gasteiger partial charge on any atom is 0.239 e. The fourth-order valence-electron chi connectivity index (χ4n) is 2.23. The summed E-state index contributed by atoms with van der Waals surface area (Å²) in [6.07, 6.45) is 1.80. The van der Waals surface area contributed by atoms with Crippen molar-refractivity contribution in [1.82, 2.24) is 10.6 Å². The smallest absolute Gasteiger partial charge is 0.239 e. The van der Waals surface area contributed by atoms with Crippen molar-refractivity contribution in [1.29, 1.82) is 0 Å². The second-order valence-corrected chi connectivity index (χ2v) is 4.89. The van der Waals surface area contributed by atoms with E-state index in [4.69, 9.17) is 4.74 Å². The molecule has 1 aliphatic rings. The van der Waals surface area contributed by atoms with E-state index in [1.54, 1.807) is 0 Å². The van der Waals surface area contributed by atoms with E-state index in [2.05, 4.69) is 29.7 Å². The number of hydrogen-bond donors (Lipinski definition) is 2. The van der Waals surface area contributed by atoms with Crippen molar-refractivity contribution in [3.05, 3.63) is 35.9 Å². The van der Waals surface area contributed by atoms with Crippen molar-refractivity contribution in [2.45, 2.75) is 31.8 Å². The second kappa shape index (κ2) is 8.95. The molecule has 1 saturated heterocycles. The zero-order valence-corrected chi connectivity index (χ0v) is 12.6. The van der Waals surface area contributed by atoms with Gasteiger partial charge in [-0.15, -0.1) is 12.4 Å². The van der Waals surface area contributed by atoms with Crippen molar-refractivity contribution in [2.75, 3.05) is 19.8 Å². The van der Waals surface area contributed by atoms with E-state index in [0.29, 0.717) is 13.2 Å². The first kappa shape index (κ1) is 17.0. The average Bonchev–Trinajstić information content (AvgIpc) is 2.48. The summed E-state index contributed by atoms with van der Waals surface area (Å²) in [6.45, 7) is 3.99. The summed E-state index contributed by atoms with van der Waals surface area (Å²) in [5, 5.41) is 6.28. The summed E-state index contributed by atoms with van der Waals surface area (Å²) in [5.41, 5.74) is 1.25. The highest BCUT2D eigenvalue weighted by Crippen LogP contribution is 2.06. The summed E-state index contributed by atoms with van der Waals surface area (Å²) in [6, 6.07) is 10.2. The maximum absolute atomic E-state index is 12.1. The normalized spacial score (nSPS) is 19.8. The molecule has 0 radical (unpaired) electrons. The van der Waals surface area contributed by atoms with Crippen molar-refractivity contribution in [2.24, 2.45) is 0 Å². The molecule has 5 heteroatoms. The Balaban J connectivity index is 0.00000200. The highest BCUT2D eigenvalue weighted by molar-refractivity contribution is 5.85. The zero-order chi connectivity index (χ0) is 13.5. The third-order valence-corrected chi connectivity index (χ3v) is 3.40. The minimum Gasteiger partial charge on any atom is -0.378 e. The van der Waals surface area contributed by atoms with Crippen LogP contribution in [0.4, 0.5) is 0 Å². The van der Waals surface area contributed by atoms with Crippen LogP contribution in [0.5, 0.6) is 0 Å². The molecule has 2 N–H and O–H groups in total. The molecule has 2 atom stereocenters. The number of hydrogen-bond acceptors (Lipinski definition) is 3. The fourth-order valence-corrected chi connectivity index (χ4v) is 2.23. The van der Waals surface area contributed by atoms with Gasteiger partial charge in [-0.05, 0) is 18.4 Å². The van der Waals surface area contributed by atoms with E-state index in [0.717, 1.165) is 19.4 Å². The number of amides is 1. The van der Waals surface area contributed by atoms with E-state index in [1.165, 1.54) is 5.56 Å². The largest absolute Gasteiger partial charge is 0.378 e. The third-order valence-electron chi connectivity index (χ3n) is 3.40. The van der Waals surface area contributed by atoms with E-state index < -0.39 is 0 Å². The van der Waals surface area contributed by atoms with Gasteiger partial charge >= 0.3 is 0 Å². The molecule has 1 aliphatic heterocycles. The van der Waals surface area contributed by atoms with Crippen LogP contribution in [0.15, 0.2) is 30.3 Å². The molecule has 1 aromatic rings. The monoisotopic (exact) mass is 298 g/mol. The number of rotatable bonds is 5. The van der Waals surface area contributed by atoms with Crippen LogP contribution < -0.4 is 10.6 Å². The summed E-state index contributed by atoms with van der Waals surface area (Å²) < 4.78 is 5.31. The minimum atomic E-state index is -0.210. The molecule has 20 heavy (non-hydrogen) atoms. The Labute approximate surface area is 126 Å². The molecule has 1 amide bonds. The average molecular weight is 299 g/mol. The van der Waals surface area contributed by atoms with Crippen molar-refractivity contribution < 1.29 is 9.53 Å². The van der Waals surface area contributed by atoms with Gasteiger partial charge in [0.25, 0.3) is 0 Å². The first-order valence-corrected chi connectivity index (χ1v) is 6.95. The van der Waals surface area contributed by atoms with Gasteiger partial charge < -0.3 is 15.4 Å². The minimum absolute atomic E-state index is 0.